The minimum atomic E-state index is 0.154. The molecule has 0 aromatic carbocycles. The molecule has 0 saturated heterocycles. The summed E-state index contributed by atoms with van der Waals surface area (Å²) in [5.74, 6) is 0. The predicted molar refractivity (Wildman–Crippen MR) is 53.6 cm³/mol. The van der Waals surface area contributed by atoms with Crippen molar-refractivity contribution in [2.24, 2.45) is 0 Å². The summed E-state index contributed by atoms with van der Waals surface area (Å²) >= 11 is 0. The molecule has 2 heteroatoms. The van der Waals surface area contributed by atoms with Crippen LogP contribution in [0.3, 0.4) is 0 Å². The Bertz CT molecular complexity index is 196. The highest BCUT2D eigenvalue weighted by Crippen LogP contribution is 2.28. The molecule has 0 aliphatic carbocycles. The standard InChI is InChI=1S/C11H20O2/c1-4-9-6-8(3)10(7-12)11(5-2)13-9/h9,11-12H,4-7H2,1-3H3. The Labute approximate surface area is 80.6 Å². The molecular formula is C11H20O2. The third kappa shape index (κ3) is 2.32. The van der Waals surface area contributed by atoms with Crippen molar-refractivity contribution in [1.29, 1.82) is 0 Å². The summed E-state index contributed by atoms with van der Waals surface area (Å²) in [5.41, 5.74) is 2.43. The van der Waals surface area contributed by atoms with Gasteiger partial charge in [0.25, 0.3) is 0 Å². The predicted octanol–water partition coefficient (Wildman–Crippen LogP) is 2.27. The van der Waals surface area contributed by atoms with Gasteiger partial charge in [-0.1, -0.05) is 19.4 Å². The maximum Gasteiger partial charge on any atom is 0.0810 e. The number of aliphatic hydroxyl groups is 1. The van der Waals surface area contributed by atoms with E-state index >= 15 is 0 Å². The smallest absolute Gasteiger partial charge is 0.0810 e. The first kappa shape index (κ1) is 10.7. The molecule has 1 rings (SSSR count). The Morgan fingerprint density at radius 3 is 2.54 bits per heavy atom. The largest absolute Gasteiger partial charge is 0.392 e. The molecule has 1 aliphatic rings. The minimum Gasteiger partial charge on any atom is -0.392 e. The van der Waals surface area contributed by atoms with Crippen LogP contribution in [0.5, 0.6) is 0 Å². The van der Waals surface area contributed by atoms with E-state index in [-0.39, 0.29) is 12.7 Å². The molecule has 2 nitrogen and oxygen atoms in total. The van der Waals surface area contributed by atoms with Crippen molar-refractivity contribution < 1.29 is 9.84 Å². The quantitative estimate of drug-likeness (QED) is 0.682. The van der Waals surface area contributed by atoms with Crippen molar-refractivity contribution in [2.75, 3.05) is 6.61 Å². The molecule has 2 atom stereocenters. The molecule has 1 aliphatic heterocycles. The van der Waals surface area contributed by atoms with Gasteiger partial charge in [-0.3, -0.25) is 0 Å². The van der Waals surface area contributed by atoms with Crippen LogP contribution in [0, 0.1) is 0 Å². The van der Waals surface area contributed by atoms with Crippen LogP contribution in [-0.4, -0.2) is 23.9 Å². The second-order valence-corrected chi connectivity index (χ2v) is 3.73. The van der Waals surface area contributed by atoms with E-state index in [0.717, 1.165) is 24.8 Å². The van der Waals surface area contributed by atoms with Gasteiger partial charge in [-0.15, -0.1) is 0 Å². The fraction of sp³-hybridized carbons (Fsp3) is 0.818. The lowest BCUT2D eigenvalue weighted by Crippen LogP contribution is -2.30. The maximum absolute atomic E-state index is 9.18. The normalized spacial score (nSPS) is 29.5. The summed E-state index contributed by atoms with van der Waals surface area (Å²) in [6.07, 6.45) is 3.53. The highest BCUT2D eigenvalue weighted by molar-refractivity contribution is 5.20. The molecular weight excluding hydrogens is 164 g/mol. The third-order valence-electron chi connectivity index (χ3n) is 2.82. The van der Waals surface area contributed by atoms with Gasteiger partial charge in [0.15, 0.2) is 0 Å². The lowest BCUT2D eigenvalue weighted by Gasteiger charge is -2.32. The zero-order valence-electron chi connectivity index (χ0n) is 8.84. The van der Waals surface area contributed by atoms with Gasteiger partial charge in [0.05, 0.1) is 18.8 Å². The van der Waals surface area contributed by atoms with Crippen molar-refractivity contribution in [3.05, 3.63) is 11.1 Å². The molecule has 0 saturated carbocycles. The first-order chi connectivity index (χ1) is 6.22. The molecule has 1 heterocycles. The van der Waals surface area contributed by atoms with E-state index in [2.05, 4.69) is 20.8 Å². The van der Waals surface area contributed by atoms with Crippen molar-refractivity contribution in [1.82, 2.24) is 0 Å². The molecule has 2 unspecified atom stereocenters. The molecule has 0 fully saturated rings. The number of ether oxygens (including phenoxy) is 1. The minimum absolute atomic E-state index is 0.154. The summed E-state index contributed by atoms with van der Waals surface area (Å²) in [7, 11) is 0. The number of hydrogen-bond donors (Lipinski definition) is 1. The molecule has 1 N–H and O–H groups in total. The zero-order chi connectivity index (χ0) is 9.84. The van der Waals surface area contributed by atoms with Gasteiger partial charge in [0, 0.05) is 0 Å². The summed E-state index contributed by atoms with van der Waals surface area (Å²) < 4.78 is 5.84. The van der Waals surface area contributed by atoms with Crippen LogP contribution in [0.25, 0.3) is 0 Å². The van der Waals surface area contributed by atoms with E-state index in [9.17, 15) is 5.11 Å². The number of rotatable bonds is 3. The molecule has 0 spiro atoms. The SMILES string of the molecule is CCC1CC(C)=C(CO)C(CC)O1. The van der Waals surface area contributed by atoms with Gasteiger partial charge in [-0.2, -0.15) is 0 Å². The van der Waals surface area contributed by atoms with Gasteiger partial charge in [-0.05, 0) is 31.8 Å². The summed E-state index contributed by atoms with van der Waals surface area (Å²) in [6, 6.07) is 0. The first-order valence-corrected chi connectivity index (χ1v) is 5.17. The molecule has 0 aromatic heterocycles. The van der Waals surface area contributed by atoms with Crippen LogP contribution in [0.2, 0.25) is 0 Å². The average Bonchev–Trinajstić information content (AvgIpc) is 2.16. The average molecular weight is 184 g/mol. The van der Waals surface area contributed by atoms with E-state index in [1.54, 1.807) is 0 Å². The van der Waals surface area contributed by atoms with E-state index in [4.69, 9.17) is 4.74 Å². The number of hydrogen-bond acceptors (Lipinski definition) is 2. The Hall–Kier alpha value is -0.340. The van der Waals surface area contributed by atoms with Crippen molar-refractivity contribution >= 4 is 0 Å². The van der Waals surface area contributed by atoms with E-state index in [1.165, 1.54) is 5.57 Å². The van der Waals surface area contributed by atoms with Crippen molar-refractivity contribution in [3.63, 3.8) is 0 Å². The van der Waals surface area contributed by atoms with Gasteiger partial charge in [-0.25, -0.2) is 0 Å². The van der Waals surface area contributed by atoms with Crippen molar-refractivity contribution in [2.45, 2.75) is 52.2 Å². The maximum atomic E-state index is 9.18. The second kappa shape index (κ2) is 4.77. The fourth-order valence-electron chi connectivity index (χ4n) is 1.93. The van der Waals surface area contributed by atoms with Gasteiger partial charge < -0.3 is 9.84 Å². The lowest BCUT2D eigenvalue weighted by molar-refractivity contribution is -0.0128. The van der Waals surface area contributed by atoms with Crippen molar-refractivity contribution in [3.8, 4) is 0 Å². The molecule has 0 aromatic rings. The molecule has 0 amide bonds. The third-order valence-corrected chi connectivity index (χ3v) is 2.82. The monoisotopic (exact) mass is 184 g/mol. The fourth-order valence-corrected chi connectivity index (χ4v) is 1.93. The van der Waals surface area contributed by atoms with Crippen LogP contribution in [0.4, 0.5) is 0 Å². The first-order valence-electron chi connectivity index (χ1n) is 5.17. The number of aliphatic hydroxyl groups excluding tert-OH is 1. The van der Waals surface area contributed by atoms with Gasteiger partial charge in [0.2, 0.25) is 0 Å². The summed E-state index contributed by atoms with van der Waals surface area (Å²) in [5, 5.41) is 9.18. The van der Waals surface area contributed by atoms with Crippen LogP contribution < -0.4 is 0 Å². The van der Waals surface area contributed by atoms with Crippen LogP contribution in [-0.2, 0) is 4.74 Å². The molecule has 13 heavy (non-hydrogen) atoms. The van der Waals surface area contributed by atoms with E-state index in [0.29, 0.717) is 6.10 Å². The Morgan fingerprint density at radius 1 is 1.38 bits per heavy atom. The highest BCUT2D eigenvalue weighted by atomic mass is 16.5. The van der Waals surface area contributed by atoms with Gasteiger partial charge >= 0.3 is 0 Å². The molecule has 0 radical (unpaired) electrons. The molecule has 0 bridgehead atoms. The highest BCUT2D eigenvalue weighted by Gasteiger charge is 2.24. The lowest BCUT2D eigenvalue weighted by atomic mass is 9.94. The van der Waals surface area contributed by atoms with E-state index < -0.39 is 0 Å². The van der Waals surface area contributed by atoms with Crippen LogP contribution in [0.1, 0.15) is 40.0 Å². The Kier molecular flexibility index (Phi) is 3.94. The summed E-state index contributed by atoms with van der Waals surface area (Å²) in [4.78, 5) is 0. The topological polar surface area (TPSA) is 29.5 Å². The summed E-state index contributed by atoms with van der Waals surface area (Å²) in [6.45, 7) is 6.51. The molecule has 76 valence electrons. The van der Waals surface area contributed by atoms with Gasteiger partial charge in [0.1, 0.15) is 0 Å². The van der Waals surface area contributed by atoms with Crippen LogP contribution in [0.15, 0.2) is 11.1 Å². The Balaban J connectivity index is 2.76. The zero-order valence-corrected chi connectivity index (χ0v) is 8.84. The Morgan fingerprint density at radius 2 is 2.08 bits per heavy atom. The van der Waals surface area contributed by atoms with E-state index in [1.807, 2.05) is 0 Å². The van der Waals surface area contributed by atoms with Crippen LogP contribution >= 0.6 is 0 Å². The second-order valence-electron chi connectivity index (χ2n) is 3.73.